The molecule has 0 N–H and O–H groups in total. The molecule has 0 bridgehead atoms. The first-order valence-electron chi connectivity index (χ1n) is 8.85. The summed E-state index contributed by atoms with van der Waals surface area (Å²) in [5.74, 6) is 0. The summed E-state index contributed by atoms with van der Waals surface area (Å²) < 4.78 is 0. The van der Waals surface area contributed by atoms with E-state index in [9.17, 15) is 14.9 Å². The van der Waals surface area contributed by atoms with Crippen molar-refractivity contribution in [2.45, 2.75) is 45.4 Å². The second kappa shape index (κ2) is 18.6. The molecular weight excluding hydrogens is 326 g/mol. The predicted molar refractivity (Wildman–Crippen MR) is 109 cm³/mol. The van der Waals surface area contributed by atoms with E-state index in [1.54, 1.807) is 18.2 Å². The highest BCUT2D eigenvalue weighted by atomic mass is 16.6. The molecule has 0 unspecified atom stereocenters. The molecule has 0 spiro atoms. The van der Waals surface area contributed by atoms with Crippen LogP contribution >= 0.6 is 0 Å². The Kier molecular flexibility index (Phi) is 16.6. The average Bonchev–Trinajstić information content (AvgIpc) is 2.63. The number of hydrogen-bond donors (Lipinski definition) is 0. The van der Waals surface area contributed by atoms with E-state index in [0.717, 1.165) is 19.3 Å². The van der Waals surface area contributed by atoms with Gasteiger partial charge in [-0.15, -0.1) is 0 Å². The van der Waals surface area contributed by atoms with Crippen LogP contribution in [-0.2, 0) is 4.79 Å². The maximum absolute atomic E-state index is 10.9. The Morgan fingerprint density at radius 3 is 2.19 bits per heavy atom. The summed E-state index contributed by atoms with van der Waals surface area (Å²) in [5, 5.41) is 10.9. The van der Waals surface area contributed by atoms with Crippen LogP contribution in [0.2, 0.25) is 0 Å². The lowest BCUT2D eigenvalue weighted by Crippen LogP contribution is -1.97. The summed E-state index contributed by atoms with van der Waals surface area (Å²) >= 11 is 0. The third kappa shape index (κ3) is 16.1. The monoisotopic (exact) mass is 354 g/mol. The first kappa shape index (κ1) is 23.2. The molecule has 0 aromatic heterocycles. The molecule has 4 nitrogen and oxygen atoms in total. The van der Waals surface area contributed by atoms with Gasteiger partial charge >= 0.3 is 0 Å². The molecule has 0 amide bonds. The Hall–Kier alpha value is -2.75. The van der Waals surface area contributed by atoms with Crippen LogP contribution in [-0.4, -0.2) is 11.2 Å². The normalized spacial score (nSPS) is 13.5. The predicted octanol–water partition coefficient (Wildman–Crippen LogP) is 5.95. The van der Waals surface area contributed by atoms with Gasteiger partial charge in [-0.2, -0.15) is 0 Å². The van der Waals surface area contributed by atoms with E-state index in [0.29, 0.717) is 19.3 Å². The maximum Gasteiger partial charge on any atom is 0.246 e. The second-order valence-corrected chi connectivity index (χ2v) is 5.29. The highest BCUT2D eigenvalue weighted by Crippen LogP contribution is 2.06. The molecule has 0 atom stereocenters. The van der Waals surface area contributed by atoms with Crippen LogP contribution in [0.25, 0.3) is 0 Å². The van der Waals surface area contributed by atoms with Crippen molar-refractivity contribution < 1.29 is 9.72 Å². The number of allylic oxidation sites excluding steroid dienone is 13. The number of hydrogen-bond acceptors (Lipinski definition) is 3. The average molecular weight is 354 g/mol. The molecule has 26 heavy (non-hydrogen) atoms. The van der Waals surface area contributed by atoms with Crippen LogP contribution in [0.1, 0.15) is 45.4 Å². The van der Waals surface area contributed by atoms with Gasteiger partial charge in [0.05, 0.1) is 11.3 Å². The van der Waals surface area contributed by atoms with Crippen molar-refractivity contribution in [1.82, 2.24) is 0 Å². The quantitative estimate of drug-likeness (QED) is 0.127. The molecule has 0 aliphatic rings. The van der Waals surface area contributed by atoms with Gasteiger partial charge in [-0.05, 0) is 31.8 Å². The Labute approximate surface area is 156 Å². The van der Waals surface area contributed by atoms with Crippen LogP contribution in [0.4, 0.5) is 0 Å². The number of nitrogens with zero attached hydrogens (tertiary/aromatic N) is 1. The molecule has 0 aromatic carbocycles. The molecule has 139 valence electrons. The molecule has 1 radical (unpaired) electrons. The van der Waals surface area contributed by atoms with Gasteiger partial charge in [-0.1, -0.05) is 79.8 Å². The molecule has 0 rings (SSSR count). The molecule has 0 aliphatic carbocycles. The summed E-state index contributed by atoms with van der Waals surface area (Å²) in [6.45, 7) is 2.03. The van der Waals surface area contributed by atoms with Gasteiger partial charge < -0.3 is 0 Å². The van der Waals surface area contributed by atoms with E-state index in [4.69, 9.17) is 0 Å². The van der Waals surface area contributed by atoms with E-state index >= 15 is 0 Å². The smallest absolute Gasteiger partial charge is 0.246 e. The summed E-state index contributed by atoms with van der Waals surface area (Å²) in [6, 6.07) is 0. The fourth-order valence-electron chi connectivity index (χ4n) is 1.82. The third-order valence-corrected chi connectivity index (χ3v) is 3.13. The van der Waals surface area contributed by atoms with Crippen molar-refractivity contribution >= 4 is 6.29 Å². The number of nitro groups is 1. The van der Waals surface area contributed by atoms with Crippen LogP contribution < -0.4 is 0 Å². The minimum atomic E-state index is -0.329. The zero-order valence-corrected chi connectivity index (χ0v) is 15.4. The minimum absolute atomic E-state index is 0.216. The molecule has 0 aliphatic heterocycles. The topological polar surface area (TPSA) is 60.2 Å². The molecule has 4 heteroatoms. The van der Waals surface area contributed by atoms with Gasteiger partial charge in [0.2, 0.25) is 5.70 Å². The van der Waals surface area contributed by atoms with E-state index in [2.05, 4.69) is 0 Å². The minimum Gasteiger partial charge on any atom is -0.291 e. The van der Waals surface area contributed by atoms with E-state index < -0.39 is 0 Å². The highest BCUT2D eigenvalue weighted by Gasteiger charge is 2.05. The highest BCUT2D eigenvalue weighted by molar-refractivity contribution is 5.50. The van der Waals surface area contributed by atoms with Crippen LogP contribution in [0.5, 0.6) is 0 Å². The Bertz CT molecular complexity index is 591. The van der Waals surface area contributed by atoms with Crippen LogP contribution in [0, 0.1) is 10.1 Å². The standard InChI is InChI=1S/C22H28NO3/c1-2-3-4-16-19-22(23(25)26)20-17-14-12-10-8-6-5-7-9-11-13-15-18-21-24/h3-8,10-14,17,19H,2,9,15-16,18,20H2,1H3/b4-3-,7-5-,8-6-,12-10-,13-11-,17-14-,22-19+. The van der Waals surface area contributed by atoms with Gasteiger partial charge in [0.25, 0.3) is 0 Å². The maximum atomic E-state index is 10.9. The Balaban J connectivity index is 4.10. The molecule has 0 saturated heterocycles. The summed E-state index contributed by atoms with van der Waals surface area (Å²) in [7, 11) is 0. The number of carbonyl (C=O) groups excluding carboxylic acids is 1. The number of rotatable bonds is 14. The van der Waals surface area contributed by atoms with Crippen molar-refractivity contribution in [3.05, 3.63) is 94.8 Å². The number of unbranched alkanes of at least 4 members (excludes halogenated alkanes) is 1. The first-order valence-corrected chi connectivity index (χ1v) is 8.85. The van der Waals surface area contributed by atoms with E-state index in [-0.39, 0.29) is 10.6 Å². The lowest BCUT2D eigenvalue weighted by Gasteiger charge is -1.92. The first-order chi connectivity index (χ1) is 12.7. The largest absolute Gasteiger partial charge is 0.291 e. The van der Waals surface area contributed by atoms with Gasteiger partial charge in [0, 0.05) is 6.42 Å². The summed E-state index contributed by atoms with van der Waals surface area (Å²) in [4.78, 5) is 20.6. The summed E-state index contributed by atoms with van der Waals surface area (Å²) in [6.07, 6.45) is 30.3. The van der Waals surface area contributed by atoms with Crippen molar-refractivity contribution in [2.75, 3.05) is 0 Å². The molecule has 0 fully saturated rings. The summed E-state index contributed by atoms with van der Waals surface area (Å²) in [5.41, 5.74) is 0.216. The zero-order valence-electron chi connectivity index (χ0n) is 15.4. The second-order valence-electron chi connectivity index (χ2n) is 5.29. The van der Waals surface area contributed by atoms with Gasteiger partial charge in [0.15, 0.2) is 6.29 Å². The van der Waals surface area contributed by atoms with Crippen LogP contribution in [0.3, 0.4) is 0 Å². The molecule has 0 heterocycles. The SMILES string of the molecule is CC/C=C\C/C=C(\C\C=C/C=C\C=C/C=C\C/C=C\CC[C]=O)[N+](=O)[O-]. The molecule has 0 aromatic rings. The van der Waals surface area contributed by atoms with Crippen LogP contribution in [0.15, 0.2) is 84.7 Å². The van der Waals surface area contributed by atoms with E-state index in [1.165, 1.54) is 0 Å². The fraction of sp³-hybridized carbons (Fsp3) is 0.318. The Morgan fingerprint density at radius 2 is 1.54 bits per heavy atom. The Morgan fingerprint density at radius 1 is 0.885 bits per heavy atom. The zero-order chi connectivity index (χ0) is 19.3. The lowest BCUT2D eigenvalue weighted by molar-refractivity contribution is -0.427. The molecule has 0 saturated carbocycles. The van der Waals surface area contributed by atoms with Gasteiger partial charge in [0.1, 0.15) is 0 Å². The van der Waals surface area contributed by atoms with Crippen molar-refractivity contribution in [2.24, 2.45) is 0 Å². The van der Waals surface area contributed by atoms with Crippen molar-refractivity contribution in [1.29, 1.82) is 0 Å². The van der Waals surface area contributed by atoms with Gasteiger partial charge in [-0.25, -0.2) is 0 Å². The fourth-order valence-corrected chi connectivity index (χ4v) is 1.82. The van der Waals surface area contributed by atoms with E-state index in [1.807, 2.05) is 74.0 Å². The van der Waals surface area contributed by atoms with Crippen molar-refractivity contribution in [3.8, 4) is 0 Å². The molecular formula is C22H28NO3. The third-order valence-electron chi connectivity index (χ3n) is 3.13. The lowest BCUT2D eigenvalue weighted by atomic mass is 10.2. The van der Waals surface area contributed by atoms with Gasteiger partial charge in [-0.3, -0.25) is 14.9 Å². The van der Waals surface area contributed by atoms with Crippen molar-refractivity contribution in [3.63, 3.8) is 0 Å².